The number of amidine groups is 1. The van der Waals surface area contributed by atoms with Crippen LogP contribution in [-0.4, -0.2) is 37.5 Å². The second-order valence-corrected chi connectivity index (χ2v) is 3.81. The molecule has 0 radical (unpaired) electrons. The molecule has 1 rings (SSSR count). The average Bonchev–Trinajstić information content (AvgIpc) is 2.16. The summed E-state index contributed by atoms with van der Waals surface area (Å²) in [6.45, 7) is 4.79. The summed E-state index contributed by atoms with van der Waals surface area (Å²) < 4.78 is 0. The fourth-order valence-corrected chi connectivity index (χ4v) is 1.62. The van der Waals surface area contributed by atoms with Crippen LogP contribution in [0.4, 0.5) is 0 Å². The smallest absolute Gasteiger partial charge is 0.142 e. The third-order valence-corrected chi connectivity index (χ3v) is 2.33. The van der Waals surface area contributed by atoms with E-state index >= 15 is 0 Å². The van der Waals surface area contributed by atoms with Gasteiger partial charge in [-0.25, -0.2) is 0 Å². The predicted molar refractivity (Wildman–Crippen MR) is 56.5 cm³/mol. The molecular formula is C9H19N5. The van der Waals surface area contributed by atoms with E-state index in [1.807, 2.05) is 12.1 Å². The predicted octanol–water partition coefficient (Wildman–Crippen LogP) is 1.28. The van der Waals surface area contributed by atoms with Crippen molar-refractivity contribution < 1.29 is 0 Å². The molecule has 1 heterocycles. The van der Waals surface area contributed by atoms with Crippen LogP contribution in [0.3, 0.4) is 0 Å². The molecule has 1 aliphatic rings. The Hall–Kier alpha value is -0.970. The van der Waals surface area contributed by atoms with Gasteiger partial charge in [0.05, 0.1) is 0 Å². The second kappa shape index (κ2) is 5.70. The number of piperidine rings is 1. The summed E-state index contributed by atoms with van der Waals surface area (Å²) in [5, 5.41) is 19.9. The molecule has 5 heteroatoms. The summed E-state index contributed by atoms with van der Waals surface area (Å²) in [6.07, 6.45) is 2.42. The maximum atomic E-state index is 7.11. The van der Waals surface area contributed by atoms with Crippen molar-refractivity contribution in [3.8, 4) is 0 Å². The molecule has 80 valence electrons. The standard InChI is InChI=1S/C9H19N5/c1-8(10)12-13-14(2)7-9-3-5-11-6-4-9/h9-11H,3-7H2,1-2H3. The molecule has 0 aromatic heterocycles. The lowest BCUT2D eigenvalue weighted by atomic mass is 9.98. The molecule has 0 unspecified atom stereocenters. The molecule has 0 aliphatic carbocycles. The Kier molecular flexibility index (Phi) is 4.52. The van der Waals surface area contributed by atoms with Crippen molar-refractivity contribution in [2.24, 2.45) is 16.3 Å². The van der Waals surface area contributed by atoms with Crippen LogP contribution < -0.4 is 5.32 Å². The van der Waals surface area contributed by atoms with Gasteiger partial charge in [0.1, 0.15) is 5.84 Å². The van der Waals surface area contributed by atoms with E-state index in [-0.39, 0.29) is 5.84 Å². The zero-order valence-electron chi connectivity index (χ0n) is 8.95. The normalized spacial score (nSPS) is 18.7. The molecule has 0 bridgehead atoms. The number of hydrogen-bond acceptors (Lipinski definition) is 3. The Bertz CT molecular complexity index is 207. The first-order valence-corrected chi connectivity index (χ1v) is 5.07. The highest BCUT2D eigenvalue weighted by Gasteiger charge is 2.14. The van der Waals surface area contributed by atoms with E-state index in [1.165, 1.54) is 12.8 Å². The minimum absolute atomic E-state index is 0.252. The van der Waals surface area contributed by atoms with Crippen LogP contribution in [0, 0.1) is 11.3 Å². The molecule has 0 saturated carbocycles. The monoisotopic (exact) mass is 197 g/mol. The molecule has 0 atom stereocenters. The molecule has 1 aliphatic heterocycles. The lowest BCUT2D eigenvalue weighted by molar-refractivity contribution is 0.238. The van der Waals surface area contributed by atoms with Gasteiger partial charge in [0.2, 0.25) is 0 Å². The SMILES string of the molecule is CC(=N)N=NN(C)CC1CCNCC1. The summed E-state index contributed by atoms with van der Waals surface area (Å²) in [4.78, 5) is 0. The summed E-state index contributed by atoms with van der Waals surface area (Å²) in [5.74, 6) is 0.966. The summed E-state index contributed by atoms with van der Waals surface area (Å²) >= 11 is 0. The van der Waals surface area contributed by atoms with Gasteiger partial charge in [0.25, 0.3) is 0 Å². The van der Waals surface area contributed by atoms with E-state index in [1.54, 1.807) is 6.92 Å². The van der Waals surface area contributed by atoms with Crippen molar-refractivity contribution in [3.05, 3.63) is 0 Å². The summed E-state index contributed by atoms with van der Waals surface area (Å²) in [7, 11) is 1.91. The van der Waals surface area contributed by atoms with E-state index in [9.17, 15) is 0 Å². The van der Waals surface area contributed by atoms with Gasteiger partial charge in [-0.3, -0.25) is 10.4 Å². The van der Waals surface area contributed by atoms with Crippen LogP contribution in [-0.2, 0) is 0 Å². The molecule has 0 aromatic rings. The molecule has 1 saturated heterocycles. The fourth-order valence-electron chi connectivity index (χ4n) is 1.62. The van der Waals surface area contributed by atoms with Crippen LogP contribution in [0.1, 0.15) is 19.8 Å². The van der Waals surface area contributed by atoms with Crippen LogP contribution in [0.2, 0.25) is 0 Å². The Labute approximate surface area is 85.1 Å². The molecule has 0 spiro atoms. The van der Waals surface area contributed by atoms with Crippen LogP contribution in [0.5, 0.6) is 0 Å². The second-order valence-electron chi connectivity index (χ2n) is 3.81. The van der Waals surface area contributed by atoms with Crippen molar-refractivity contribution in [1.82, 2.24) is 10.3 Å². The Morgan fingerprint density at radius 2 is 2.14 bits per heavy atom. The first kappa shape index (κ1) is 11.1. The average molecular weight is 197 g/mol. The minimum Gasteiger partial charge on any atom is -0.317 e. The van der Waals surface area contributed by atoms with Crippen molar-refractivity contribution >= 4 is 5.84 Å². The van der Waals surface area contributed by atoms with E-state index in [2.05, 4.69) is 15.7 Å². The highest BCUT2D eigenvalue weighted by molar-refractivity contribution is 5.76. The van der Waals surface area contributed by atoms with Crippen LogP contribution >= 0.6 is 0 Å². The Morgan fingerprint density at radius 3 is 2.71 bits per heavy atom. The first-order chi connectivity index (χ1) is 6.68. The number of rotatable bonds is 3. The molecule has 5 nitrogen and oxygen atoms in total. The van der Waals surface area contributed by atoms with Gasteiger partial charge in [-0.15, -0.1) is 5.11 Å². The Balaban J connectivity index is 2.24. The highest BCUT2D eigenvalue weighted by atomic mass is 15.5. The third-order valence-electron chi connectivity index (χ3n) is 2.33. The van der Waals surface area contributed by atoms with Gasteiger partial charge in [0, 0.05) is 13.6 Å². The van der Waals surface area contributed by atoms with E-state index < -0.39 is 0 Å². The molecule has 0 aromatic carbocycles. The minimum atomic E-state index is 0.252. The maximum Gasteiger partial charge on any atom is 0.142 e. The zero-order chi connectivity index (χ0) is 10.4. The molecule has 0 amide bonds. The molecule has 2 N–H and O–H groups in total. The quantitative estimate of drug-likeness (QED) is 0.310. The summed E-state index contributed by atoms with van der Waals surface area (Å²) in [5.41, 5.74) is 0. The van der Waals surface area contributed by atoms with E-state index in [0.29, 0.717) is 5.92 Å². The first-order valence-electron chi connectivity index (χ1n) is 5.07. The van der Waals surface area contributed by atoms with Gasteiger partial charge < -0.3 is 5.32 Å². The van der Waals surface area contributed by atoms with Crippen molar-refractivity contribution in [1.29, 1.82) is 5.41 Å². The van der Waals surface area contributed by atoms with E-state index in [4.69, 9.17) is 5.41 Å². The van der Waals surface area contributed by atoms with Gasteiger partial charge in [-0.2, -0.15) is 0 Å². The number of nitrogens with zero attached hydrogens (tertiary/aromatic N) is 3. The Morgan fingerprint density at radius 1 is 1.50 bits per heavy atom. The lowest BCUT2D eigenvalue weighted by Crippen LogP contribution is -2.32. The third kappa shape index (κ3) is 4.32. The maximum absolute atomic E-state index is 7.11. The molecule has 1 fully saturated rings. The highest BCUT2D eigenvalue weighted by Crippen LogP contribution is 2.12. The largest absolute Gasteiger partial charge is 0.317 e. The van der Waals surface area contributed by atoms with Gasteiger partial charge in [-0.05, 0) is 38.8 Å². The van der Waals surface area contributed by atoms with Crippen molar-refractivity contribution in [2.75, 3.05) is 26.7 Å². The van der Waals surface area contributed by atoms with Crippen LogP contribution in [0.15, 0.2) is 10.3 Å². The summed E-state index contributed by atoms with van der Waals surface area (Å²) in [6, 6.07) is 0. The zero-order valence-corrected chi connectivity index (χ0v) is 8.95. The van der Waals surface area contributed by atoms with Crippen LogP contribution in [0.25, 0.3) is 0 Å². The molecule has 14 heavy (non-hydrogen) atoms. The van der Waals surface area contributed by atoms with Crippen molar-refractivity contribution in [2.45, 2.75) is 19.8 Å². The topological polar surface area (TPSA) is 63.8 Å². The molecular weight excluding hydrogens is 178 g/mol. The fraction of sp³-hybridized carbons (Fsp3) is 0.889. The van der Waals surface area contributed by atoms with Gasteiger partial charge in [-0.1, -0.05) is 5.22 Å². The van der Waals surface area contributed by atoms with Gasteiger partial charge in [0.15, 0.2) is 0 Å². The number of nitrogens with one attached hydrogen (secondary N) is 2. The van der Waals surface area contributed by atoms with Crippen molar-refractivity contribution in [3.63, 3.8) is 0 Å². The lowest BCUT2D eigenvalue weighted by Gasteiger charge is -2.25. The van der Waals surface area contributed by atoms with Gasteiger partial charge >= 0.3 is 0 Å². The van der Waals surface area contributed by atoms with E-state index in [0.717, 1.165) is 19.6 Å². The number of hydrogen-bond donors (Lipinski definition) is 2.